The van der Waals surface area contributed by atoms with Crippen molar-refractivity contribution < 1.29 is 23.4 Å². The highest BCUT2D eigenvalue weighted by atomic mass is 19.1. The number of ether oxygens (including phenoxy) is 3. The van der Waals surface area contributed by atoms with Crippen LogP contribution in [0.25, 0.3) is 11.3 Å². The summed E-state index contributed by atoms with van der Waals surface area (Å²) in [6.07, 6.45) is 5.17. The van der Waals surface area contributed by atoms with Gasteiger partial charge in [0.2, 0.25) is 0 Å². The number of nitrogens with one attached hydrogen (secondary N) is 3. The lowest BCUT2D eigenvalue weighted by Gasteiger charge is -2.24. The molecule has 0 fully saturated rings. The average Bonchev–Trinajstić information content (AvgIpc) is 3.23. The zero-order valence-electron chi connectivity index (χ0n) is 19.8. The topological polar surface area (TPSA) is 97.5 Å². The maximum absolute atomic E-state index is 14.5. The normalized spacial score (nSPS) is 20.1. The summed E-state index contributed by atoms with van der Waals surface area (Å²) in [5.41, 5.74) is 3.58. The van der Waals surface area contributed by atoms with Gasteiger partial charge in [-0.25, -0.2) is 4.39 Å². The Kier molecular flexibility index (Phi) is 6.59. The molecule has 1 amide bonds. The molecule has 3 N–H and O–H groups in total. The monoisotopic (exact) mass is 480 g/mol. The number of amides is 1. The maximum atomic E-state index is 14.5. The fraction of sp³-hybridized carbons (Fsp3) is 0.385. The summed E-state index contributed by atoms with van der Waals surface area (Å²) in [6.45, 7) is 4.29. The third kappa shape index (κ3) is 4.55. The van der Waals surface area contributed by atoms with Crippen molar-refractivity contribution in [3.05, 3.63) is 53.7 Å². The summed E-state index contributed by atoms with van der Waals surface area (Å²) in [4.78, 5) is 20.9. The van der Waals surface area contributed by atoms with Crippen LogP contribution in [0.3, 0.4) is 0 Å². The Morgan fingerprint density at radius 3 is 2.94 bits per heavy atom. The molecular weight excluding hydrogens is 451 g/mol. The third-order valence-corrected chi connectivity index (χ3v) is 6.60. The summed E-state index contributed by atoms with van der Waals surface area (Å²) in [5.74, 6) is 0.348. The Morgan fingerprint density at radius 1 is 1.23 bits per heavy atom. The molecule has 4 heterocycles. The number of halogens is 1. The number of aromatic nitrogens is 2. The minimum Gasteiger partial charge on any atom is -0.492 e. The van der Waals surface area contributed by atoms with E-state index in [1.807, 2.05) is 6.07 Å². The van der Waals surface area contributed by atoms with Crippen LogP contribution >= 0.6 is 0 Å². The number of para-hydroxylation sites is 1. The standard InChI is InChI=1S/C26H29FN4O4/c1-15-7-10-34-14-16-12-29-26(32)21-22(16)31-23(17-6-9-28-13-20(17)35-11-8-15)24(21)30-19-5-3-4-18(27)25(19)33-2/h3-6,9,13,15-16,30-31H,7-8,10-12,14H2,1-2H3,(H,29,32)/t15?,16-/m1/s1. The van der Waals surface area contributed by atoms with Gasteiger partial charge in [-0.15, -0.1) is 0 Å². The van der Waals surface area contributed by atoms with Crippen LogP contribution in [0.1, 0.15) is 41.7 Å². The molecule has 0 radical (unpaired) electrons. The van der Waals surface area contributed by atoms with E-state index in [0.717, 1.165) is 24.1 Å². The summed E-state index contributed by atoms with van der Waals surface area (Å²) in [5, 5.41) is 6.26. The van der Waals surface area contributed by atoms with Crippen LogP contribution in [0, 0.1) is 11.7 Å². The van der Waals surface area contributed by atoms with Crippen molar-refractivity contribution in [1.82, 2.24) is 15.3 Å². The molecule has 1 aromatic carbocycles. The molecule has 35 heavy (non-hydrogen) atoms. The van der Waals surface area contributed by atoms with Gasteiger partial charge in [-0.3, -0.25) is 9.78 Å². The van der Waals surface area contributed by atoms with Crippen LogP contribution < -0.4 is 20.1 Å². The Hall–Kier alpha value is -3.59. The van der Waals surface area contributed by atoms with E-state index in [4.69, 9.17) is 14.2 Å². The van der Waals surface area contributed by atoms with Gasteiger partial charge < -0.3 is 29.8 Å². The molecule has 3 aromatic rings. The maximum Gasteiger partial charge on any atom is 0.255 e. The lowest BCUT2D eigenvalue weighted by Crippen LogP contribution is -2.36. The van der Waals surface area contributed by atoms with Gasteiger partial charge in [0.15, 0.2) is 11.6 Å². The van der Waals surface area contributed by atoms with Crippen LogP contribution in [-0.2, 0) is 4.74 Å². The molecule has 5 rings (SSSR count). The van der Waals surface area contributed by atoms with Gasteiger partial charge >= 0.3 is 0 Å². The average molecular weight is 481 g/mol. The summed E-state index contributed by atoms with van der Waals surface area (Å²) < 4.78 is 31.9. The van der Waals surface area contributed by atoms with E-state index in [9.17, 15) is 9.18 Å². The molecule has 2 bridgehead atoms. The number of hydrogen-bond acceptors (Lipinski definition) is 6. The highest BCUT2D eigenvalue weighted by Crippen LogP contribution is 2.43. The second-order valence-electron chi connectivity index (χ2n) is 8.99. The lowest BCUT2D eigenvalue weighted by molar-refractivity contribution is 0.0873. The van der Waals surface area contributed by atoms with Gasteiger partial charge in [0.1, 0.15) is 5.75 Å². The Labute approximate surface area is 203 Å². The molecule has 2 aromatic heterocycles. The number of H-pyrrole nitrogens is 1. The van der Waals surface area contributed by atoms with Gasteiger partial charge in [-0.2, -0.15) is 0 Å². The molecule has 184 valence electrons. The number of hydrogen-bond donors (Lipinski definition) is 3. The molecule has 0 aliphatic carbocycles. The molecule has 2 aliphatic rings. The van der Waals surface area contributed by atoms with Crippen molar-refractivity contribution in [3.8, 4) is 22.8 Å². The number of carbonyl (C=O) groups is 1. The third-order valence-electron chi connectivity index (χ3n) is 6.60. The van der Waals surface area contributed by atoms with E-state index in [2.05, 4.69) is 27.5 Å². The molecule has 0 saturated carbocycles. The van der Waals surface area contributed by atoms with Crippen LogP contribution in [-0.4, -0.2) is 49.4 Å². The zero-order chi connectivity index (χ0) is 24.4. The van der Waals surface area contributed by atoms with Crippen molar-refractivity contribution in [2.24, 2.45) is 5.92 Å². The molecular formula is C26H29FN4O4. The smallest absolute Gasteiger partial charge is 0.255 e. The SMILES string of the molecule is COc1c(F)cccc1Nc1c2[nH]c3c1C(=O)NC[C@@H]3COCCC(C)CCOc1cnccc1-2. The first-order valence-electron chi connectivity index (χ1n) is 11.8. The number of anilines is 2. The van der Waals surface area contributed by atoms with Gasteiger partial charge in [0, 0.05) is 36.5 Å². The predicted octanol–water partition coefficient (Wildman–Crippen LogP) is 4.62. The number of rotatable bonds is 3. The fourth-order valence-electron chi connectivity index (χ4n) is 4.61. The van der Waals surface area contributed by atoms with E-state index < -0.39 is 5.82 Å². The highest BCUT2D eigenvalue weighted by molar-refractivity contribution is 6.07. The van der Waals surface area contributed by atoms with E-state index in [1.54, 1.807) is 24.5 Å². The number of pyridine rings is 1. The number of methoxy groups -OCH3 is 1. The molecule has 2 aliphatic heterocycles. The van der Waals surface area contributed by atoms with Crippen molar-refractivity contribution in [2.75, 3.05) is 38.8 Å². The van der Waals surface area contributed by atoms with Crippen molar-refractivity contribution >= 4 is 17.3 Å². The number of benzene rings is 1. The Balaban J connectivity index is 1.68. The number of carbonyl (C=O) groups excluding carboxylic acids is 1. The van der Waals surface area contributed by atoms with Crippen LogP contribution in [0.4, 0.5) is 15.8 Å². The number of fused-ring (bicyclic) bond motifs is 3. The number of aromatic amines is 1. The van der Waals surface area contributed by atoms with Crippen molar-refractivity contribution in [3.63, 3.8) is 0 Å². The largest absolute Gasteiger partial charge is 0.492 e. The molecule has 0 saturated heterocycles. The van der Waals surface area contributed by atoms with Gasteiger partial charge in [0.05, 0.1) is 49.2 Å². The van der Waals surface area contributed by atoms with Crippen LogP contribution in [0.5, 0.6) is 11.5 Å². The quantitative estimate of drug-likeness (QED) is 0.506. The van der Waals surface area contributed by atoms with Crippen LogP contribution in [0.15, 0.2) is 36.7 Å². The Bertz CT molecular complexity index is 1230. The summed E-state index contributed by atoms with van der Waals surface area (Å²) in [7, 11) is 1.41. The van der Waals surface area contributed by atoms with E-state index in [-0.39, 0.29) is 17.6 Å². The predicted molar refractivity (Wildman–Crippen MR) is 130 cm³/mol. The van der Waals surface area contributed by atoms with Crippen molar-refractivity contribution in [1.29, 1.82) is 0 Å². The fourth-order valence-corrected chi connectivity index (χ4v) is 4.61. The summed E-state index contributed by atoms with van der Waals surface area (Å²) in [6, 6.07) is 6.47. The number of nitrogens with zero attached hydrogens (tertiary/aromatic N) is 1. The molecule has 0 spiro atoms. The van der Waals surface area contributed by atoms with Crippen molar-refractivity contribution in [2.45, 2.75) is 25.7 Å². The first-order chi connectivity index (χ1) is 17.1. The minimum absolute atomic E-state index is 0.0594. The first kappa shape index (κ1) is 23.2. The molecule has 9 heteroatoms. The lowest BCUT2D eigenvalue weighted by atomic mass is 9.96. The minimum atomic E-state index is -0.500. The van der Waals surface area contributed by atoms with E-state index >= 15 is 0 Å². The van der Waals surface area contributed by atoms with Gasteiger partial charge in [-0.05, 0) is 37.0 Å². The van der Waals surface area contributed by atoms with E-state index in [1.165, 1.54) is 13.2 Å². The van der Waals surface area contributed by atoms with E-state index in [0.29, 0.717) is 60.7 Å². The Morgan fingerprint density at radius 2 is 2.09 bits per heavy atom. The highest BCUT2D eigenvalue weighted by Gasteiger charge is 2.34. The zero-order valence-corrected chi connectivity index (χ0v) is 19.8. The second-order valence-corrected chi connectivity index (χ2v) is 8.99. The second kappa shape index (κ2) is 9.95. The molecule has 8 nitrogen and oxygen atoms in total. The first-order valence-corrected chi connectivity index (χ1v) is 11.8. The van der Waals surface area contributed by atoms with Gasteiger partial charge in [-0.1, -0.05) is 13.0 Å². The molecule has 1 unspecified atom stereocenters. The molecule has 2 atom stereocenters. The summed E-state index contributed by atoms with van der Waals surface area (Å²) >= 11 is 0. The van der Waals surface area contributed by atoms with Gasteiger partial charge in [0.25, 0.3) is 5.91 Å². The van der Waals surface area contributed by atoms with Crippen LogP contribution in [0.2, 0.25) is 0 Å².